The van der Waals surface area contributed by atoms with E-state index in [0.29, 0.717) is 0 Å². The van der Waals surface area contributed by atoms with E-state index >= 15 is 0 Å². The predicted octanol–water partition coefficient (Wildman–Crippen LogP) is 2.96. The summed E-state index contributed by atoms with van der Waals surface area (Å²) in [5, 5.41) is 13.7. The topological polar surface area (TPSA) is 50.7 Å². The molecule has 23 heavy (non-hydrogen) atoms. The van der Waals surface area contributed by atoms with Crippen molar-refractivity contribution in [3.8, 4) is 11.5 Å². The minimum absolute atomic E-state index is 0.0162. The van der Waals surface area contributed by atoms with Crippen molar-refractivity contribution >= 4 is 0 Å². The molecule has 0 heterocycles. The van der Waals surface area contributed by atoms with Crippen molar-refractivity contribution in [2.75, 3.05) is 20.8 Å². The Kier molecular flexibility index (Phi) is 6.44. The van der Waals surface area contributed by atoms with Gasteiger partial charge in [0, 0.05) is 6.04 Å². The van der Waals surface area contributed by atoms with Crippen molar-refractivity contribution < 1.29 is 14.6 Å². The van der Waals surface area contributed by atoms with Crippen LogP contribution >= 0.6 is 0 Å². The van der Waals surface area contributed by atoms with Gasteiger partial charge in [0.25, 0.3) is 0 Å². The molecule has 0 saturated carbocycles. The Hall–Kier alpha value is -2.04. The van der Waals surface area contributed by atoms with Crippen LogP contribution in [0.4, 0.5) is 0 Å². The molecule has 0 fully saturated rings. The van der Waals surface area contributed by atoms with Gasteiger partial charge < -0.3 is 19.9 Å². The van der Waals surface area contributed by atoms with Crippen LogP contribution in [0.5, 0.6) is 11.5 Å². The molecule has 0 aromatic heterocycles. The van der Waals surface area contributed by atoms with Crippen molar-refractivity contribution in [1.82, 2.24) is 5.32 Å². The van der Waals surface area contributed by atoms with E-state index in [9.17, 15) is 5.11 Å². The highest BCUT2D eigenvalue weighted by atomic mass is 16.5. The number of aliphatic hydroxyl groups excluding tert-OH is 1. The van der Waals surface area contributed by atoms with Gasteiger partial charge in [-0.1, -0.05) is 36.4 Å². The largest absolute Gasteiger partial charge is 0.493 e. The number of methoxy groups -OCH3 is 2. The molecular formula is C19H25NO3. The number of aliphatic hydroxyl groups is 1. The summed E-state index contributed by atoms with van der Waals surface area (Å²) < 4.78 is 10.6. The summed E-state index contributed by atoms with van der Waals surface area (Å²) in [5.74, 6) is 1.47. The third-order valence-corrected chi connectivity index (χ3v) is 3.94. The maximum Gasteiger partial charge on any atom is 0.160 e. The van der Waals surface area contributed by atoms with Gasteiger partial charge >= 0.3 is 0 Å². The molecule has 2 N–H and O–H groups in total. The molecule has 2 atom stereocenters. The molecule has 0 saturated heterocycles. The quantitative estimate of drug-likeness (QED) is 0.786. The number of ether oxygens (including phenoxy) is 2. The van der Waals surface area contributed by atoms with Gasteiger partial charge in [0.15, 0.2) is 11.5 Å². The molecule has 0 radical (unpaired) electrons. The summed E-state index contributed by atoms with van der Waals surface area (Å²) in [7, 11) is 3.27. The van der Waals surface area contributed by atoms with Gasteiger partial charge in [0.1, 0.15) is 0 Å². The van der Waals surface area contributed by atoms with E-state index in [1.165, 1.54) is 0 Å². The van der Waals surface area contributed by atoms with Crippen molar-refractivity contribution in [2.24, 2.45) is 0 Å². The molecule has 124 valence electrons. The van der Waals surface area contributed by atoms with Gasteiger partial charge in [-0.3, -0.25) is 0 Å². The molecule has 0 aliphatic carbocycles. The molecule has 2 rings (SSSR count). The normalized spacial score (nSPS) is 13.4. The Morgan fingerprint density at radius 3 is 2.35 bits per heavy atom. The maximum atomic E-state index is 10.3. The average Bonchev–Trinajstić information content (AvgIpc) is 2.61. The lowest BCUT2D eigenvalue weighted by atomic mass is 10.0. The summed E-state index contributed by atoms with van der Waals surface area (Å²) in [5.41, 5.74) is 2.09. The van der Waals surface area contributed by atoms with Crippen molar-refractivity contribution in [1.29, 1.82) is 0 Å². The highest BCUT2D eigenvalue weighted by molar-refractivity contribution is 5.42. The van der Waals surface area contributed by atoms with E-state index in [1.807, 2.05) is 55.5 Å². The highest BCUT2D eigenvalue weighted by Gasteiger charge is 2.15. The first kappa shape index (κ1) is 17.3. The summed E-state index contributed by atoms with van der Waals surface area (Å²) >= 11 is 0. The number of benzene rings is 2. The Labute approximate surface area is 138 Å². The highest BCUT2D eigenvalue weighted by Crippen LogP contribution is 2.27. The van der Waals surface area contributed by atoms with Crippen molar-refractivity contribution in [2.45, 2.75) is 25.5 Å². The lowest BCUT2D eigenvalue weighted by Crippen LogP contribution is -2.33. The average molecular weight is 315 g/mol. The molecule has 0 aliphatic rings. The minimum atomic E-state index is -0.512. The minimum Gasteiger partial charge on any atom is -0.493 e. The zero-order valence-corrected chi connectivity index (χ0v) is 14.0. The molecule has 4 nitrogen and oxygen atoms in total. The van der Waals surface area contributed by atoms with Crippen LogP contribution in [0.2, 0.25) is 0 Å². The number of hydrogen-bond donors (Lipinski definition) is 2. The molecule has 0 amide bonds. The molecule has 2 unspecified atom stereocenters. The van der Waals surface area contributed by atoms with Crippen molar-refractivity contribution in [3.63, 3.8) is 0 Å². The van der Waals surface area contributed by atoms with Crippen LogP contribution < -0.4 is 14.8 Å². The first-order valence-corrected chi connectivity index (χ1v) is 7.83. The van der Waals surface area contributed by atoms with Crippen LogP contribution in [0.15, 0.2) is 48.5 Å². The Balaban J connectivity index is 1.87. The smallest absolute Gasteiger partial charge is 0.160 e. The van der Waals surface area contributed by atoms with E-state index in [2.05, 4.69) is 5.32 Å². The first-order valence-electron chi connectivity index (χ1n) is 7.83. The molecule has 0 aliphatic heterocycles. The molecule has 2 aromatic rings. The van der Waals surface area contributed by atoms with Crippen LogP contribution in [0.1, 0.15) is 24.2 Å². The Bertz CT molecular complexity index is 601. The maximum absolute atomic E-state index is 10.3. The summed E-state index contributed by atoms with van der Waals surface area (Å²) in [6, 6.07) is 15.6. The van der Waals surface area contributed by atoms with Gasteiger partial charge in [-0.05, 0) is 43.1 Å². The SMILES string of the molecule is COc1ccc(CCNC(C)C(O)c2ccccc2)cc1OC. The van der Waals surface area contributed by atoms with Crippen LogP contribution in [-0.4, -0.2) is 31.9 Å². The fraction of sp³-hybridized carbons (Fsp3) is 0.368. The monoisotopic (exact) mass is 315 g/mol. The van der Waals surface area contributed by atoms with E-state index in [1.54, 1.807) is 14.2 Å². The van der Waals surface area contributed by atoms with Gasteiger partial charge in [0.2, 0.25) is 0 Å². The summed E-state index contributed by atoms with van der Waals surface area (Å²) in [6.07, 6.45) is 0.341. The van der Waals surface area contributed by atoms with Crippen molar-refractivity contribution in [3.05, 3.63) is 59.7 Å². The fourth-order valence-electron chi connectivity index (χ4n) is 2.53. The zero-order chi connectivity index (χ0) is 16.7. The molecule has 0 bridgehead atoms. The van der Waals surface area contributed by atoms with E-state index in [4.69, 9.17) is 9.47 Å². The fourth-order valence-corrected chi connectivity index (χ4v) is 2.53. The van der Waals surface area contributed by atoms with Crippen LogP contribution in [-0.2, 0) is 6.42 Å². The molecule has 2 aromatic carbocycles. The van der Waals surface area contributed by atoms with Gasteiger partial charge in [-0.25, -0.2) is 0 Å². The second-order valence-electron chi connectivity index (χ2n) is 5.54. The van der Waals surface area contributed by atoms with Crippen LogP contribution in [0.25, 0.3) is 0 Å². The molecule has 4 heteroatoms. The number of hydrogen-bond acceptors (Lipinski definition) is 4. The van der Waals surface area contributed by atoms with Gasteiger partial charge in [-0.15, -0.1) is 0 Å². The number of nitrogens with one attached hydrogen (secondary N) is 1. The Morgan fingerprint density at radius 1 is 1.00 bits per heavy atom. The molecule has 0 spiro atoms. The standard InChI is InChI=1S/C19H25NO3/c1-14(19(21)16-7-5-4-6-8-16)20-12-11-15-9-10-17(22-2)18(13-15)23-3/h4-10,13-14,19-21H,11-12H2,1-3H3. The zero-order valence-electron chi connectivity index (χ0n) is 14.0. The van der Waals surface area contributed by atoms with E-state index < -0.39 is 6.10 Å². The lowest BCUT2D eigenvalue weighted by molar-refractivity contribution is 0.136. The second kappa shape index (κ2) is 8.56. The van der Waals surface area contributed by atoms with Crippen LogP contribution in [0.3, 0.4) is 0 Å². The number of rotatable bonds is 8. The third kappa shape index (κ3) is 4.71. The van der Waals surface area contributed by atoms with Gasteiger partial charge in [-0.2, -0.15) is 0 Å². The first-order chi connectivity index (χ1) is 11.2. The second-order valence-corrected chi connectivity index (χ2v) is 5.54. The summed E-state index contributed by atoms with van der Waals surface area (Å²) in [4.78, 5) is 0. The van der Waals surface area contributed by atoms with Crippen LogP contribution in [0, 0.1) is 0 Å². The van der Waals surface area contributed by atoms with E-state index in [-0.39, 0.29) is 6.04 Å². The lowest BCUT2D eigenvalue weighted by Gasteiger charge is -2.20. The Morgan fingerprint density at radius 2 is 1.70 bits per heavy atom. The molecular weight excluding hydrogens is 290 g/mol. The third-order valence-electron chi connectivity index (χ3n) is 3.94. The predicted molar refractivity (Wildman–Crippen MR) is 92.1 cm³/mol. The van der Waals surface area contributed by atoms with E-state index in [0.717, 1.165) is 35.6 Å². The summed E-state index contributed by atoms with van der Waals surface area (Å²) in [6.45, 7) is 2.77. The van der Waals surface area contributed by atoms with Gasteiger partial charge in [0.05, 0.1) is 20.3 Å².